The number of aliphatic hydroxyl groups is 1. The van der Waals surface area contributed by atoms with Crippen molar-refractivity contribution in [3.8, 4) is 0 Å². The summed E-state index contributed by atoms with van der Waals surface area (Å²) in [4.78, 5) is 2.42. The van der Waals surface area contributed by atoms with Crippen LogP contribution < -0.4 is 5.32 Å². The first-order valence-corrected chi connectivity index (χ1v) is 6.45. The van der Waals surface area contributed by atoms with Crippen molar-refractivity contribution in [3.63, 3.8) is 0 Å². The number of ether oxygens (including phenoxy) is 1. The Morgan fingerprint density at radius 3 is 3.06 bits per heavy atom. The van der Waals surface area contributed by atoms with Gasteiger partial charge in [-0.2, -0.15) is 0 Å². The number of rotatable bonds is 7. The largest absolute Gasteiger partial charge is 0.393 e. The van der Waals surface area contributed by atoms with Crippen molar-refractivity contribution >= 4 is 0 Å². The zero-order valence-electron chi connectivity index (χ0n) is 10.6. The lowest BCUT2D eigenvalue weighted by molar-refractivity contribution is -0.0252. The summed E-state index contributed by atoms with van der Waals surface area (Å²) in [7, 11) is 0. The van der Waals surface area contributed by atoms with Gasteiger partial charge in [0.1, 0.15) is 0 Å². The molecule has 2 atom stereocenters. The molecule has 1 heterocycles. The van der Waals surface area contributed by atoms with Crippen LogP contribution >= 0.6 is 0 Å². The van der Waals surface area contributed by atoms with Gasteiger partial charge in [-0.3, -0.25) is 4.90 Å². The van der Waals surface area contributed by atoms with Crippen LogP contribution in [0.2, 0.25) is 0 Å². The first-order valence-electron chi connectivity index (χ1n) is 6.45. The maximum absolute atomic E-state index is 9.11. The number of hydrogen-bond acceptors (Lipinski definition) is 4. The lowest BCUT2D eigenvalue weighted by Crippen LogP contribution is -2.46. The summed E-state index contributed by atoms with van der Waals surface area (Å²) < 4.78 is 5.68. The summed E-state index contributed by atoms with van der Waals surface area (Å²) in [5, 5.41) is 12.5. The maximum atomic E-state index is 9.11. The van der Waals surface area contributed by atoms with Gasteiger partial charge < -0.3 is 15.2 Å². The third-order valence-electron chi connectivity index (χ3n) is 3.02. The number of likely N-dealkylation sites (N-methyl/N-ethyl adjacent to an activating group) is 1. The van der Waals surface area contributed by atoms with Crippen LogP contribution in [-0.2, 0) is 4.74 Å². The smallest absolute Gasteiger partial charge is 0.0826 e. The predicted octanol–water partition coefficient (Wildman–Crippen LogP) is 0.458. The Balaban J connectivity index is 1.99. The maximum Gasteiger partial charge on any atom is 0.0826 e. The minimum atomic E-state index is -0.177. The molecule has 16 heavy (non-hydrogen) atoms. The van der Waals surface area contributed by atoms with Crippen LogP contribution in [0.3, 0.4) is 0 Å². The van der Waals surface area contributed by atoms with Crippen molar-refractivity contribution in [2.75, 3.05) is 39.3 Å². The van der Waals surface area contributed by atoms with E-state index in [1.54, 1.807) is 0 Å². The fraction of sp³-hybridized carbons (Fsp3) is 1.00. The third kappa shape index (κ3) is 5.80. The van der Waals surface area contributed by atoms with Gasteiger partial charge in [-0.15, -0.1) is 0 Å². The molecule has 0 saturated carbocycles. The molecule has 1 aliphatic heterocycles. The molecule has 0 bridgehead atoms. The van der Waals surface area contributed by atoms with Crippen LogP contribution in [0.25, 0.3) is 0 Å². The zero-order chi connectivity index (χ0) is 11.8. The van der Waals surface area contributed by atoms with E-state index < -0.39 is 0 Å². The standard InChI is InChI=1S/C12H26N2O2/c1-3-14-7-8-16-12(10-14)9-13-6-4-5-11(2)15/h11-13,15H,3-10H2,1-2H3. The Bertz CT molecular complexity index is 176. The van der Waals surface area contributed by atoms with E-state index in [1.807, 2.05) is 6.92 Å². The van der Waals surface area contributed by atoms with E-state index in [-0.39, 0.29) is 6.10 Å². The van der Waals surface area contributed by atoms with Crippen molar-refractivity contribution in [3.05, 3.63) is 0 Å². The lowest BCUT2D eigenvalue weighted by Gasteiger charge is -2.32. The third-order valence-corrected chi connectivity index (χ3v) is 3.02. The average molecular weight is 230 g/mol. The SMILES string of the molecule is CCN1CCOC(CNCCCC(C)O)C1. The average Bonchev–Trinajstić information content (AvgIpc) is 2.28. The lowest BCUT2D eigenvalue weighted by atomic mass is 10.2. The first-order chi connectivity index (χ1) is 7.72. The molecular weight excluding hydrogens is 204 g/mol. The van der Waals surface area contributed by atoms with Crippen LogP contribution in [0.15, 0.2) is 0 Å². The quantitative estimate of drug-likeness (QED) is 0.624. The van der Waals surface area contributed by atoms with E-state index in [2.05, 4.69) is 17.1 Å². The van der Waals surface area contributed by atoms with Gasteiger partial charge in [0.25, 0.3) is 0 Å². The number of aliphatic hydroxyl groups excluding tert-OH is 1. The molecule has 2 N–H and O–H groups in total. The first kappa shape index (κ1) is 13.9. The van der Waals surface area contributed by atoms with Gasteiger partial charge in [-0.25, -0.2) is 0 Å². The molecule has 4 nitrogen and oxygen atoms in total. The minimum absolute atomic E-state index is 0.177. The molecule has 0 aromatic carbocycles. The summed E-state index contributed by atoms with van der Waals surface area (Å²) in [5.74, 6) is 0. The fourth-order valence-electron chi connectivity index (χ4n) is 1.98. The number of nitrogens with zero attached hydrogens (tertiary/aromatic N) is 1. The van der Waals surface area contributed by atoms with Crippen molar-refractivity contribution in [2.45, 2.75) is 38.9 Å². The second-order valence-electron chi connectivity index (χ2n) is 4.58. The van der Waals surface area contributed by atoms with Gasteiger partial charge in [-0.1, -0.05) is 6.92 Å². The van der Waals surface area contributed by atoms with Gasteiger partial charge in [0.05, 0.1) is 18.8 Å². The molecule has 1 rings (SSSR count). The molecule has 1 saturated heterocycles. The summed E-state index contributed by atoms with van der Waals surface area (Å²) in [6, 6.07) is 0. The Kier molecular flexibility index (Phi) is 6.96. The summed E-state index contributed by atoms with van der Waals surface area (Å²) in [6.07, 6.45) is 2.06. The van der Waals surface area contributed by atoms with E-state index in [9.17, 15) is 0 Å². The topological polar surface area (TPSA) is 44.7 Å². The summed E-state index contributed by atoms with van der Waals surface area (Å²) in [5.41, 5.74) is 0. The van der Waals surface area contributed by atoms with E-state index in [1.165, 1.54) is 0 Å². The predicted molar refractivity (Wildman–Crippen MR) is 65.6 cm³/mol. The Labute approximate surface area is 99.0 Å². The highest BCUT2D eigenvalue weighted by Crippen LogP contribution is 2.03. The zero-order valence-corrected chi connectivity index (χ0v) is 10.6. The normalized spacial score (nSPS) is 24.6. The van der Waals surface area contributed by atoms with Crippen LogP contribution in [-0.4, -0.2) is 61.5 Å². The van der Waals surface area contributed by atoms with Crippen LogP contribution in [0.1, 0.15) is 26.7 Å². The molecular formula is C12H26N2O2. The van der Waals surface area contributed by atoms with Gasteiger partial charge in [0.15, 0.2) is 0 Å². The second-order valence-corrected chi connectivity index (χ2v) is 4.58. The van der Waals surface area contributed by atoms with Gasteiger partial charge in [-0.05, 0) is 32.9 Å². The Morgan fingerprint density at radius 1 is 1.56 bits per heavy atom. The number of hydrogen-bond donors (Lipinski definition) is 2. The van der Waals surface area contributed by atoms with E-state index in [0.29, 0.717) is 6.10 Å². The molecule has 0 amide bonds. The molecule has 1 aliphatic rings. The summed E-state index contributed by atoms with van der Waals surface area (Å²) in [6.45, 7) is 10.00. The molecule has 0 aromatic heterocycles. The molecule has 4 heteroatoms. The van der Waals surface area contributed by atoms with Gasteiger partial charge >= 0.3 is 0 Å². The Morgan fingerprint density at radius 2 is 2.38 bits per heavy atom. The van der Waals surface area contributed by atoms with Crippen LogP contribution in [0.4, 0.5) is 0 Å². The highest BCUT2D eigenvalue weighted by atomic mass is 16.5. The van der Waals surface area contributed by atoms with Gasteiger partial charge in [0, 0.05) is 19.6 Å². The van der Waals surface area contributed by atoms with Crippen molar-refractivity contribution in [1.29, 1.82) is 0 Å². The Hall–Kier alpha value is -0.160. The minimum Gasteiger partial charge on any atom is -0.393 e. The van der Waals surface area contributed by atoms with Crippen molar-refractivity contribution < 1.29 is 9.84 Å². The van der Waals surface area contributed by atoms with E-state index >= 15 is 0 Å². The number of morpholine rings is 1. The molecule has 1 fully saturated rings. The van der Waals surface area contributed by atoms with Crippen molar-refractivity contribution in [1.82, 2.24) is 10.2 Å². The highest BCUT2D eigenvalue weighted by Gasteiger charge is 2.18. The molecule has 2 unspecified atom stereocenters. The van der Waals surface area contributed by atoms with Crippen molar-refractivity contribution in [2.24, 2.45) is 0 Å². The summed E-state index contributed by atoms with van der Waals surface area (Å²) >= 11 is 0. The molecule has 96 valence electrons. The molecule has 0 spiro atoms. The van der Waals surface area contributed by atoms with E-state index in [4.69, 9.17) is 9.84 Å². The molecule has 0 aliphatic carbocycles. The van der Waals surface area contributed by atoms with Crippen LogP contribution in [0.5, 0.6) is 0 Å². The fourth-order valence-corrected chi connectivity index (χ4v) is 1.98. The number of nitrogens with one attached hydrogen (secondary N) is 1. The second kappa shape index (κ2) is 8.01. The molecule has 0 aromatic rings. The van der Waals surface area contributed by atoms with Crippen LogP contribution in [0, 0.1) is 0 Å². The molecule has 0 radical (unpaired) electrons. The van der Waals surface area contributed by atoms with Gasteiger partial charge in [0.2, 0.25) is 0 Å². The highest BCUT2D eigenvalue weighted by molar-refractivity contribution is 4.72. The monoisotopic (exact) mass is 230 g/mol. The van der Waals surface area contributed by atoms with E-state index in [0.717, 1.165) is 52.2 Å².